The Hall–Kier alpha value is -2.51. The van der Waals surface area contributed by atoms with Crippen molar-refractivity contribution in [1.29, 1.82) is 0 Å². The Balaban J connectivity index is 1.68. The van der Waals surface area contributed by atoms with Crippen LogP contribution >= 0.6 is 23.4 Å². The van der Waals surface area contributed by atoms with E-state index in [1.807, 2.05) is 42.8 Å². The fraction of sp³-hybridized carbons (Fsp3) is 0.211. The molecule has 0 spiro atoms. The lowest BCUT2D eigenvalue weighted by Gasteiger charge is -2.10. The van der Waals surface area contributed by atoms with Crippen molar-refractivity contribution in [3.05, 3.63) is 53.1 Å². The minimum Gasteiger partial charge on any atom is -0.495 e. The quantitative estimate of drug-likeness (QED) is 0.626. The van der Waals surface area contributed by atoms with Gasteiger partial charge in [0.1, 0.15) is 5.75 Å². The second-order valence-corrected chi connectivity index (χ2v) is 7.24. The molecule has 1 aromatic heterocycles. The van der Waals surface area contributed by atoms with Crippen molar-refractivity contribution >= 4 is 35.0 Å². The lowest BCUT2D eigenvalue weighted by Crippen LogP contribution is -2.15. The molecule has 0 radical (unpaired) electrons. The number of nitrogens with one attached hydrogen (secondary N) is 1. The first kappa shape index (κ1) is 19.3. The summed E-state index contributed by atoms with van der Waals surface area (Å²) in [7, 11) is 3.43. The second kappa shape index (κ2) is 8.45. The third-order valence-corrected chi connectivity index (χ3v) is 5.24. The van der Waals surface area contributed by atoms with Gasteiger partial charge in [-0.1, -0.05) is 47.6 Å². The molecule has 8 heteroatoms. The maximum atomic E-state index is 12.3. The number of ether oxygens (including phenoxy) is 1. The molecule has 0 saturated heterocycles. The molecule has 0 aliphatic carbocycles. The van der Waals surface area contributed by atoms with Gasteiger partial charge in [-0.05, 0) is 30.7 Å². The number of aryl methyl sites for hydroxylation is 1. The number of amides is 1. The number of methoxy groups -OCH3 is 1. The van der Waals surface area contributed by atoms with Crippen LogP contribution in [0.4, 0.5) is 5.69 Å². The van der Waals surface area contributed by atoms with Gasteiger partial charge in [-0.3, -0.25) is 4.79 Å². The van der Waals surface area contributed by atoms with Gasteiger partial charge in [0.25, 0.3) is 0 Å². The van der Waals surface area contributed by atoms with Crippen LogP contribution in [-0.4, -0.2) is 33.5 Å². The van der Waals surface area contributed by atoms with Crippen molar-refractivity contribution in [2.45, 2.75) is 12.1 Å². The Kier molecular flexibility index (Phi) is 6.03. The lowest BCUT2D eigenvalue weighted by atomic mass is 10.1. The Bertz CT molecular complexity index is 974. The van der Waals surface area contributed by atoms with Crippen molar-refractivity contribution in [2.24, 2.45) is 7.05 Å². The molecule has 140 valence electrons. The van der Waals surface area contributed by atoms with Crippen LogP contribution in [0.15, 0.2) is 47.6 Å². The van der Waals surface area contributed by atoms with E-state index in [0.29, 0.717) is 21.6 Å². The Morgan fingerprint density at radius 1 is 1.26 bits per heavy atom. The predicted octanol–water partition coefficient (Wildman–Crippen LogP) is 4.18. The summed E-state index contributed by atoms with van der Waals surface area (Å²) in [5.74, 6) is 1.34. The monoisotopic (exact) mass is 402 g/mol. The number of carbonyl (C=O) groups is 1. The normalized spacial score (nSPS) is 10.7. The zero-order valence-electron chi connectivity index (χ0n) is 15.2. The highest BCUT2D eigenvalue weighted by Crippen LogP contribution is 2.28. The topological polar surface area (TPSA) is 69.0 Å². The first-order chi connectivity index (χ1) is 13.0. The largest absolute Gasteiger partial charge is 0.495 e. The molecule has 0 fully saturated rings. The van der Waals surface area contributed by atoms with Crippen molar-refractivity contribution in [1.82, 2.24) is 14.8 Å². The summed E-state index contributed by atoms with van der Waals surface area (Å²) < 4.78 is 7.13. The van der Waals surface area contributed by atoms with Crippen LogP contribution in [0.3, 0.4) is 0 Å². The molecule has 1 N–H and O–H groups in total. The number of hydrogen-bond donors (Lipinski definition) is 1. The van der Waals surface area contributed by atoms with E-state index < -0.39 is 0 Å². The summed E-state index contributed by atoms with van der Waals surface area (Å²) in [6.45, 7) is 2.03. The number of anilines is 1. The average molecular weight is 403 g/mol. The number of benzene rings is 2. The molecule has 0 saturated carbocycles. The zero-order chi connectivity index (χ0) is 19.4. The molecule has 3 rings (SSSR count). The summed E-state index contributed by atoms with van der Waals surface area (Å²) in [5, 5.41) is 12.5. The maximum Gasteiger partial charge on any atom is 0.234 e. The number of thioether (sulfide) groups is 1. The van der Waals surface area contributed by atoms with Gasteiger partial charge in [0, 0.05) is 17.6 Å². The highest BCUT2D eigenvalue weighted by Gasteiger charge is 2.15. The van der Waals surface area contributed by atoms with Crippen LogP contribution in [0.1, 0.15) is 5.56 Å². The third kappa shape index (κ3) is 4.43. The van der Waals surface area contributed by atoms with Gasteiger partial charge >= 0.3 is 0 Å². The molecular weight excluding hydrogens is 384 g/mol. The molecule has 0 unspecified atom stereocenters. The summed E-state index contributed by atoms with van der Waals surface area (Å²) in [4.78, 5) is 12.3. The molecular formula is C19H19ClN4O2S. The van der Waals surface area contributed by atoms with Crippen LogP contribution in [0.5, 0.6) is 5.75 Å². The number of aromatic nitrogens is 3. The zero-order valence-corrected chi connectivity index (χ0v) is 16.8. The molecule has 1 amide bonds. The van der Waals surface area contributed by atoms with E-state index in [0.717, 1.165) is 17.0 Å². The van der Waals surface area contributed by atoms with Crippen LogP contribution in [0, 0.1) is 6.92 Å². The van der Waals surface area contributed by atoms with E-state index in [-0.39, 0.29) is 11.7 Å². The number of hydrogen-bond acceptors (Lipinski definition) is 5. The molecule has 0 atom stereocenters. The fourth-order valence-electron chi connectivity index (χ4n) is 2.59. The first-order valence-electron chi connectivity index (χ1n) is 8.21. The maximum absolute atomic E-state index is 12.3. The van der Waals surface area contributed by atoms with Gasteiger partial charge in [0.05, 0.1) is 18.6 Å². The highest BCUT2D eigenvalue weighted by molar-refractivity contribution is 7.99. The van der Waals surface area contributed by atoms with Gasteiger partial charge in [0.15, 0.2) is 11.0 Å². The number of nitrogens with zero attached hydrogens (tertiary/aromatic N) is 3. The molecule has 6 nitrogen and oxygen atoms in total. The minimum atomic E-state index is -0.180. The van der Waals surface area contributed by atoms with Crippen LogP contribution < -0.4 is 10.1 Å². The van der Waals surface area contributed by atoms with E-state index in [9.17, 15) is 4.79 Å². The van der Waals surface area contributed by atoms with E-state index in [1.54, 1.807) is 25.3 Å². The standard InChI is InChI=1S/C19H19ClN4O2S/c1-12-6-4-5-7-14(12)18-22-23-19(24(18)2)27-11-17(25)21-15-10-13(20)8-9-16(15)26-3/h4-10H,11H2,1-3H3,(H,21,25). The van der Waals surface area contributed by atoms with Gasteiger partial charge in [0.2, 0.25) is 5.91 Å². The van der Waals surface area contributed by atoms with Crippen molar-refractivity contribution in [3.8, 4) is 17.1 Å². The summed E-state index contributed by atoms with van der Waals surface area (Å²) in [6.07, 6.45) is 0. The van der Waals surface area contributed by atoms with Crippen molar-refractivity contribution < 1.29 is 9.53 Å². The Morgan fingerprint density at radius 3 is 2.78 bits per heavy atom. The van der Waals surface area contributed by atoms with Gasteiger partial charge < -0.3 is 14.6 Å². The molecule has 0 aliphatic heterocycles. The van der Waals surface area contributed by atoms with Gasteiger partial charge in [-0.15, -0.1) is 10.2 Å². The number of halogens is 1. The molecule has 27 heavy (non-hydrogen) atoms. The van der Waals surface area contributed by atoms with E-state index >= 15 is 0 Å². The van der Waals surface area contributed by atoms with Crippen LogP contribution in [0.25, 0.3) is 11.4 Å². The SMILES string of the molecule is COc1ccc(Cl)cc1NC(=O)CSc1nnc(-c2ccccc2C)n1C. The Labute approximate surface area is 166 Å². The summed E-state index contributed by atoms with van der Waals surface area (Å²) >= 11 is 7.31. The van der Waals surface area contributed by atoms with E-state index in [1.165, 1.54) is 11.8 Å². The minimum absolute atomic E-state index is 0.180. The Morgan fingerprint density at radius 2 is 2.04 bits per heavy atom. The highest BCUT2D eigenvalue weighted by atomic mass is 35.5. The van der Waals surface area contributed by atoms with Gasteiger partial charge in [-0.25, -0.2) is 0 Å². The van der Waals surface area contributed by atoms with Crippen LogP contribution in [0.2, 0.25) is 5.02 Å². The van der Waals surface area contributed by atoms with Crippen LogP contribution in [-0.2, 0) is 11.8 Å². The second-order valence-electron chi connectivity index (χ2n) is 5.86. The van der Waals surface area contributed by atoms with Gasteiger partial charge in [-0.2, -0.15) is 0 Å². The molecule has 3 aromatic rings. The summed E-state index contributed by atoms with van der Waals surface area (Å²) in [6, 6.07) is 13.1. The molecule has 0 bridgehead atoms. The van der Waals surface area contributed by atoms with Crippen molar-refractivity contribution in [3.63, 3.8) is 0 Å². The predicted molar refractivity (Wildman–Crippen MR) is 109 cm³/mol. The van der Waals surface area contributed by atoms with Crippen molar-refractivity contribution in [2.75, 3.05) is 18.2 Å². The number of carbonyl (C=O) groups excluding carboxylic acids is 1. The third-order valence-electron chi connectivity index (χ3n) is 3.99. The summed E-state index contributed by atoms with van der Waals surface area (Å²) in [5.41, 5.74) is 2.68. The lowest BCUT2D eigenvalue weighted by molar-refractivity contribution is -0.113. The van der Waals surface area contributed by atoms with E-state index in [4.69, 9.17) is 16.3 Å². The molecule has 0 aliphatic rings. The average Bonchev–Trinajstić information content (AvgIpc) is 3.01. The first-order valence-corrected chi connectivity index (χ1v) is 9.57. The molecule has 2 aromatic carbocycles. The molecule has 1 heterocycles. The number of rotatable bonds is 6. The van der Waals surface area contributed by atoms with E-state index in [2.05, 4.69) is 15.5 Å². The smallest absolute Gasteiger partial charge is 0.234 e. The fourth-order valence-corrected chi connectivity index (χ4v) is 3.48.